The predicted octanol–water partition coefficient (Wildman–Crippen LogP) is 3.16. The SMILES string of the molecule is C=O.CO.c1ccc(C2CCCCC2)cc1. The zero-order chi connectivity index (χ0) is 12.2. The lowest BCUT2D eigenvalue weighted by molar-refractivity contribution is -0.0979. The maximum Gasteiger partial charge on any atom is 0.106 e. The first kappa shape index (κ1) is 14.8. The Morgan fingerprint density at radius 1 is 1.00 bits per heavy atom. The van der Waals surface area contributed by atoms with Crippen LogP contribution in [0.5, 0.6) is 0 Å². The van der Waals surface area contributed by atoms with Crippen molar-refractivity contribution >= 4 is 6.79 Å². The number of hydrogen-bond donors (Lipinski definition) is 1. The maximum absolute atomic E-state index is 8.00. The van der Waals surface area contributed by atoms with Crippen LogP contribution in [-0.2, 0) is 4.79 Å². The second kappa shape index (κ2) is 10.4. The summed E-state index contributed by atoms with van der Waals surface area (Å²) in [5.74, 6) is 0.861. The highest BCUT2D eigenvalue weighted by atomic mass is 16.2. The molecule has 0 radical (unpaired) electrons. The normalized spacial score (nSPS) is 15.1. The lowest BCUT2D eigenvalue weighted by atomic mass is 9.84. The van der Waals surface area contributed by atoms with Gasteiger partial charge in [0.05, 0.1) is 0 Å². The Bertz CT molecular complexity index is 240. The first-order valence-corrected chi connectivity index (χ1v) is 5.75. The van der Waals surface area contributed by atoms with Crippen molar-refractivity contribution in [2.45, 2.75) is 38.0 Å². The second-order valence-corrected chi connectivity index (χ2v) is 3.75. The summed E-state index contributed by atoms with van der Waals surface area (Å²) in [5.41, 5.74) is 1.55. The first-order valence-electron chi connectivity index (χ1n) is 5.75. The molecular weight excluding hydrogens is 200 g/mol. The number of hydrogen-bond acceptors (Lipinski definition) is 2. The molecule has 0 atom stereocenters. The van der Waals surface area contributed by atoms with Crippen LogP contribution < -0.4 is 0 Å². The van der Waals surface area contributed by atoms with Crippen LogP contribution in [0.2, 0.25) is 0 Å². The van der Waals surface area contributed by atoms with Crippen molar-refractivity contribution in [1.29, 1.82) is 0 Å². The Morgan fingerprint density at radius 2 is 1.50 bits per heavy atom. The van der Waals surface area contributed by atoms with E-state index in [2.05, 4.69) is 30.3 Å². The summed E-state index contributed by atoms with van der Waals surface area (Å²) >= 11 is 0. The molecule has 1 aliphatic carbocycles. The van der Waals surface area contributed by atoms with Crippen LogP contribution >= 0.6 is 0 Å². The van der Waals surface area contributed by atoms with Crippen LogP contribution in [0.4, 0.5) is 0 Å². The second-order valence-electron chi connectivity index (χ2n) is 3.75. The summed E-state index contributed by atoms with van der Waals surface area (Å²) < 4.78 is 0. The number of benzene rings is 1. The number of aliphatic hydroxyl groups is 1. The minimum atomic E-state index is 0.861. The summed E-state index contributed by atoms with van der Waals surface area (Å²) in [5, 5.41) is 7.00. The largest absolute Gasteiger partial charge is 0.400 e. The Morgan fingerprint density at radius 3 is 2.00 bits per heavy atom. The average Bonchev–Trinajstić information content (AvgIpc) is 2.45. The highest BCUT2D eigenvalue weighted by Gasteiger charge is 2.14. The maximum atomic E-state index is 8.00. The van der Waals surface area contributed by atoms with Crippen molar-refractivity contribution in [1.82, 2.24) is 0 Å². The van der Waals surface area contributed by atoms with Gasteiger partial charge in [0.25, 0.3) is 0 Å². The molecule has 2 nitrogen and oxygen atoms in total. The van der Waals surface area contributed by atoms with Crippen molar-refractivity contribution in [3.05, 3.63) is 35.9 Å². The van der Waals surface area contributed by atoms with E-state index in [0.29, 0.717) is 0 Å². The molecule has 1 aliphatic rings. The summed E-state index contributed by atoms with van der Waals surface area (Å²) in [6, 6.07) is 11.0. The molecule has 0 spiro atoms. The number of carbonyl (C=O) groups is 1. The highest BCUT2D eigenvalue weighted by molar-refractivity contribution is 5.19. The van der Waals surface area contributed by atoms with Crippen molar-refractivity contribution in [3.8, 4) is 0 Å². The molecule has 0 heterocycles. The van der Waals surface area contributed by atoms with Gasteiger partial charge in [0.1, 0.15) is 6.79 Å². The van der Waals surface area contributed by atoms with Crippen LogP contribution in [0.3, 0.4) is 0 Å². The molecule has 90 valence electrons. The van der Waals surface area contributed by atoms with Crippen LogP contribution in [-0.4, -0.2) is 19.0 Å². The van der Waals surface area contributed by atoms with Crippen molar-refractivity contribution in [2.75, 3.05) is 7.11 Å². The molecule has 0 bridgehead atoms. The smallest absolute Gasteiger partial charge is 0.106 e. The van der Waals surface area contributed by atoms with Crippen LogP contribution in [0.15, 0.2) is 30.3 Å². The fourth-order valence-electron chi connectivity index (χ4n) is 2.16. The van der Waals surface area contributed by atoms with Gasteiger partial charge in [0.15, 0.2) is 0 Å². The van der Waals surface area contributed by atoms with Gasteiger partial charge in [-0.3, -0.25) is 0 Å². The quantitative estimate of drug-likeness (QED) is 0.792. The molecule has 0 aliphatic heterocycles. The third-order valence-electron chi connectivity index (χ3n) is 2.88. The molecule has 0 saturated heterocycles. The summed E-state index contributed by atoms with van der Waals surface area (Å²) in [6.07, 6.45) is 7.12. The molecule has 1 aromatic rings. The van der Waals surface area contributed by atoms with Crippen molar-refractivity contribution < 1.29 is 9.90 Å². The third-order valence-corrected chi connectivity index (χ3v) is 2.88. The molecule has 1 saturated carbocycles. The van der Waals surface area contributed by atoms with Gasteiger partial charge in [0.2, 0.25) is 0 Å². The van der Waals surface area contributed by atoms with Gasteiger partial charge in [-0.25, -0.2) is 0 Å². The van der Waals surface area contributed by atoms with Crippen molar-refractivity contribution in [3.63, 3.8) is 0 Å². The fourth-order valence-corrected chi connectivity index (χ4v) is 2.16. The molecule has 1 N–H and O–H groups in total. The fraction of sp³-hybridized carbons (Fsp3) is 0.500. The zero-order valence-corrected chi connectivity index (χ0v) is 10.1. The van der Waals surface area contributed by atoms with Crippen molar-refractivity contribution in [2.24, 2.45) is 0 Å². The van der Waals surface area contributed by atoms with Gasteiger partial charge in [-0.2, -0.15) is 0 Å². The molecule has 1 aromatic carbocycles. The van der Waals surface area contributed by atoms with E-state index < -0.39 is 0 Å². The Hall–Kier alpha value is -1.15. The van der Waals surface area contributed by atoms with Gasteiger partial charge in [-0.1, -0.05) is 49.6 Å². The van der Waals surface area contributed by atoms with Gasteiger partial charge in [-0.05, 0) is 24.3 Å². The first-order chi connectivity index (χ1) is 7.97. The molecular formula is C14H22O2. The predicted molar refractivity (Wildman–Crippen MR) is 67.5 cm³/mol. The molecule has 0 amide bonds. The summed E-state index contributed by atoms with van der Waals surface area (Å²) in [6.45, 7) is 2.00. The van der Waals surface area contributed by atoms with E-state index in [1.54, 1.807) is 5.56 Å². The third kappa shape index (κ3) is 5.08. The van der Waals surface area contributed by atoms with E-state index in [1.807, 2.05) is 6.79 Å². The minimum Gasteiger partial charge on any atom is -0.400 e. The monoisotopic (exact) mass is 222 g/mol. The van der Waals surface area contributed by atoms with Crippen LogP contribution in [0, 0.1) is 0 Å². The van der Waals surface area contributed by atoms with Crippen LogP contribution in [0.25, 0.3) is 0 Å². The van der Waals surface area contributed by atoms with Gasteiger partial charge >= 0.3 is 0 Å². The van der Waals surface area contributed by atoms with E-state index in [4.69, 9.17) is 9.90 Å². The molecule has 2 heteroatoms. The molecule has 2 rings (SSSR count). The number of carbonyl (C=O) groups excluding carboxylic acids is 1. The standard InChI is InChI=1S/C12H16.CH4O.CH2O/c1-3-7-11(8-4-1)12-9-5-2-6-10-12;2*1-2/h1,3-4,7-8,12H,2,5-6,9-10H2;2H,1H3;1H2. The van der Waals surface area contributed by atoms with E-state index in [0.717, 1.165) is 13.0 Å². The highest BCUT2D eigenvalue weighted by Crippen LogP contribution is 2.31. The minimum absolute atomic E-state index is 0.861. The van der Waals surface area contributed by atoms with E-state index in [-0.39, 0.29) is 0 Å². The molecule has 0 aromatic heterocycles. The zero-order valence-electron chi connectivity index (χ0n) is 10.1. The Balaban J connectivity index is 0.000000509. The number of aliphatic hydroxyl groups excluding tert-OH is 1. The van der Waals surface area contributed by atoms with Gasteiger partial charge < -0.3 is 9.90 Å². The van der Waals surface area contributed by atoms with Gasteiger partial charge in [-0.15, -0.1) is 0 Å². The lowest BCUT2D eigenvalue weighted by Gasteiger charge is -2.21. The summed E-state index contributed by atoms with van der Waals surface area (Å²) in [4.78, 5) is 8.00. The van der Waals surface area contributed by atoms with E-state index in [1.165, 1.54) is 32.1 Å². The van der Waals surface area contributed by atoms with Crippen LogP contribution in [0.1, 0.15) is 43.6 Å². The number of rotatable bonds is 1. The topological polar surface area (TPSA) is 37.3 Å². The Kier molecular flexibility index (Phi) is 9.63. The summed E-state index contributed by atoms with van der Waals surface area (Å²) in [7, 11) is 1.00. The lowest BCUT2D eigenvalue weighted by Crippen LogP contribution is -2.03. The molecule has 16 heavy (non-hydrogen) atoms. The Labute approximate surface area is 98.3 Å². The van der Waals surface area contributed by atoms with Gasteiger partial charge in [0, 0.05) is 7.11 Å². The molecule has 0 unspecified atom stereocenters. The van der Waals surface area contributed by atoms with E-state index in [9.17, 15) is 0 Å². The molecule has 1 fully saturated rings. The average molecular weight is 222 g/mol. The van der Waals surface area contributed by atoms with E-state index >= 15 is 0 Å².